The van der Waals surface area contributed by atoms with Gasteiger partial charge in [-0.05, 0) is 38.1 Å². The molecule has 0 bridgehead atoms. The molecule has 1 aliphatic heterocycles. The Morgan fingerprint density at radius 1 is 1.36 bits per heavy atom. The number of aromatic nitrogens is 2. The summed E-state index contributed by atoms with van der Waals surface area (Å²) in [6.45, 7) is 3.97. The van der Waals surface area contributed by atoms with Gasteiger partial charge in [0.1, 0.15) is 5.01 Å². The van der Waals surface area contributed by atoms with E-state index in [4.69, 9.17) is 16.3 Å². The van der Waals surface area contributed by atoms with Crippen molar-refractivity contribution in [3.05, 3.63) is 63.9 Å². The van der Waals surface area contributed by atoms with Gasteiger partial charge in [-0.3, -0.25) is 4.98 Å². The molecular formula is C16H16ClN3OS. The van der Waals surface area contributed by atoms with Crippen LogP contribution >= 0.6 is 22.9 Å². The molecule has 0 radical (unpaired) electrons. The normalized spacial score (nSPS) is 21.3. The monoisotopic (exact) mass is 333 g/mol. The number of hydrogen-bond donors (Lipinski definition) is 1. The van der Waals surface area contributed by atoms with Crippen LogP contribution in [0.15, 0.2) is 53.3 Å². The van der Waals surface area contributed by atoms with Gasteiger partial charge in [-0.15, -0.1) is 11.3 Å². The zero-order valence-corrected chi connectivity index (χ0v) is 13.9. The first-order chi connectivity index (χ1) is 10.6. The summed E-state index contributed by atoms with van der Waals surface area (Å²) >= 11 is 7.89. The van der Waals surface area contributed by atoms with Crippen LogP contribution < -0.4 is 5.32 Å². The van der Waals surface area contributed by atoms with Gasteiger partial charge in [0, 0.05) is 40.3 Å². The van der Waals surface area contributed by atoms with Crippen LogP contribution in [0.2, 0.25) is 0 Å². The van der Waals surface area contributed by atoms with Crippen LogP contribution in [0.5, 0.6) is 0 Å². The summed E-state index contributed by atoms with van der Waals surface area (Å²) in [5, 5.41) is 6.78. The number of nitrogens with one attached hydrogen (secondary N) is 1. The van der Waals surface area contributed by atoms with Crippen molar-refractivity contribution in [1.82, 2.24) is 15.3 Å². The highest BCUT2D eigenvalue weighted by atomic mass is 35.5. The van der Waals surface area contributed by atoms with Crippen molar-refractivity contribution in [2.24, 2.45) is 0 Å². The van der Waals surface area contributed by atoms with Gasteiger partial charge < -0.3 is 10.1 Å². The fraction of sp³-hybridized carbons (Fsp3) is 0.250. The molecular weight excluding hydrogens is 318 g/mol. The predicted molar refractivity (Wildman–Crippen MR) is 89.3 cm³/mol. The van der Waals surface area contributed by atoms with Gasteiger partial charge >= 0.3 is 0 Å². The Bertz CT molecular complexity index is 697. The quantitative estimate of drug-likeness (QED) is 0.922. The highest BCUT2D eigenvalue weighted by molar-refractivity contribution is 7.09. The minimum absolute atomic E-state index is 0.00497. The number of nitrogens with zero attached hydrogens (tertiary/aromatic N) is 2. The van der Waals surface area contributed by atoms with Crippen LogP contribution in [0.4, 0.5) is 0 Å². The molecule has 2 aromatic heterocycles. The summed E-state index contributed by atoms with van der Waals surface area (Å²) in [6, 6.07) is 3.86. The zero-order chi connectivity index (χ0) is 15.6. The molecule has 1 aliphatic rings. The highest BCUT2D eigenvalue weighted by Crippen LogP contribution is 2.36. The molecule has 6 heteroatoms. The molecule has 0 saturated heterocycles. The van der Waals surface area contributed by atoms with Crippen LogP contribution in [0, 0.1) is 0 Å². The third kappa shape index (κ3) is 3.06. The largest absolute Gasteiger partial charge is 0.348 e. The number of dihydropyridines is 1. The van der Waals surface area contributed by atoms with Crippen LogP contribution in [0.3, 0.4) is 0 Å². The Hall–Kier alpha value is -1.69. The van der Waals surface area contributed by atoms with Crippen LogP contribution in [-0.4, -0.2) is 16.1 Å². The summed E-state index contributed by atoms with van der Waals surface area (Å²) in [7, 11) is 0. The van der Waals surface area contributed by atoms with E-state index in [1.165, 1.54) is 11.3 Å². The van der Waals surface area contributed by atoms with Crippen molar-refractivity contribution in [2.45, 2.75) is 25.7 Å². The number of pyridine rings is 1. The lowest BCUT2D eigenvalue weighted by atomic mass is 10.1. The lowest BCUT2D eigenvalue weighted by Crippen LogP contribution is -2.45. The second-order valence-electron chi connectivity index (χ2n) is 5.19. The van der Waals surface area contributed by atoms with Gasteiger partial charge in [0.15, 0.2) is 0 Å². The number of hydrogen-bond acceptors (Lipinski definition) is 5. The van der Waals surface area contributed by atoms with Crippen LogP contribution in [0.25, 0.3) is 5.70 Å². The number of ether oxygens (including phenoxy) is 1. The van der Waals surface area contributed by atoms with E-state index in [9.17, 15) is 0 Å². The second kappa shape index (κ2) is 6.20. The molecule has 114 valence electrons. The molecule has 1 unspecified atom stereocenters. The summed E-state index contributed by atoms with van der Waals surface area (Å²) in [5.74, 6) is 0. The Kier molecular flexibility index (Phi) is 4.29. The number of thiazole rings is 1. The predicted octanol–water partition coefficient (Wildman–Crippen LogP) is 3.88. The van der Waals surface area contributed by atoms with Crippen molar-refractivity contribution < 1.29 is 4.74 Å². The molecule has 0 amide bonds. The van der Waals surface area contributed by atoms with E-state index in [0.29, 0.717) is 5.03 Å². The smallest absolute Gasteiger partial charge is 0.213 e. The minimum atomic E-state index is -0.862. The molecule has 4 nitrogen and oxygen atoms in total. The molecule has 0 fully saturated rings. The summed E-state index contributed by atoms with van der Waals surface area (Å²) in [5.41, 5.74) is 0.942. The molecule has 0 aliphatic carbocycles. The first kappa shape index (κ1) is 15.2. The van der Waals surface area contributed by atoms with Crippen molar-refractivity contribution in [2.75, 3.05) is 0 Å². The maximum Gasteiger partial charge on any atom is 0.213 e. The van der Waals surface area contributed by atoms with E-state index < -0.39 is 5.72 Å². The second-order valence-corrected chi connectivity index (χ2v) is 6.52. The molecule has 3 rings (SSSR count). The van der Waals surface area contributed by atoms with Crippen molar-refractivity contribution >= 4 is 28.6 Å². The summed E-state index contributed by atoms with van der Waals surface area (Å²) in [4.78, 5) is 8.57. The van der Waals surface area contributed by atoms with E-state index in [1.54, 1.807) is 18.6 Å². The SMILES string of the molecule is CC(C)OC1(c2nccs2)C=C(Cl)C=C(c2cccnc2)N1. The van der Waals surface area contributed by atoms with Crippen molar-refractivity contribution in [3.8, 4) is 0 Å². The third-order valence-electron chi connectivity index (χ3n) is 3.09. The fourth-order valence-corrected chi connectivity index (χ4v) is 3.30. The number of halogens is 1. The molecule has 3 heterocycles. The fourth-order valence-electron chi connectivity index (χ4n) is 2.33. The van der Waals surface area contributed by atoms with E-state index in [1.807, 2.05) is 43.5 Å². The average Bonchev–Trinajstić information content (AvgIpc) is 3.01. The average molecular weight is 334 g/mol. The number of rotatable bonds is 4. The molecule has 22 heavy (non-hydrogen) atoms. The van der Waals surface area contributed by atoms with Gasteiger partial charge in [-0.2, -0.15) is 0 Å². The Balaban J connectivity index is 2.04. The summed E-state index contributed by atoms with van der Waals surface area (Å²) in [6.07, 6.45) is 9.02. The van der Waals surface area contributed by atoms with E-state index in [-0.39, 0.29) is 6.10 Å². The Labute approximate surface area is 138 Å². The Morgan fingerprint density at radius 2 is 2.23 bits per heavy atom. The molecule has 0 aromatic carbocycles. The topological polar surface area (TPSA) is 47.0 Å². The number of allylic oxidation sites excluding steroid dienone is 2. The maximum absolute atomic E-state index is 6.37. The molecule has 1 N–H and O–H groups in total. The van der Waals surface area contributed by atoms with E-state index >= 15 is 0 Å². The molecule has 0 spiro atoms. The molecule has 2 aromatic rings. The Morgan fingerprint density at radius 3 is 2.86 bits per heavy atom. The molecule has 0 saturated carbocycles. The van der Waals surface area contributed by atoms with Crippen LogP contribution in [0.1, 0.15) is 24.4 Å². The van der Waals surface area contributed by atoms with Gasteiger partial charge in [-0.1, -0.05) is 11.6 Å². The standard InChI is InChI=1S/C16H16ClN3OS/c1-11(2)21-16(15-19-6-7-22-15)9-13(17)8-14(20-16)12-4-3-5-18-10-12/h3-11,20H,1-2H3. The zero-order valence-electron chi connectivity index (χ0n) is 12.3. The maximum atomic E-state index is 6.37. The lowest BCUT2D eigenvalue weighted by Gasteiger charge is -2.36. The third-order valence-corrected chi connectivity index (χ3v) is 4.20. The van der Waals surface area contributed by atoms with Crippen molar-refractivity contribution in [1.29, 1.82) is 0 Å². The lowest BCUT2D eigenvalue weighted by molar-refractivity contribution is -0.0649. The minimum Gasteiger partial charge on any atom is -0.348 e. The van der Waals surface area contributed by atoms with Gasteiger partial charge in [0.2, 0.25) is 5.72 Å². The van der Waals surface area contributed by atoms with E-state index in [2.05, 4.69) is 15.3 Å². The first-order valence-corrected chi connectivity index (χ1v) is 8.21. The van der Waals surface area contributed by atoms with Crippen LogP contribution in [-0.2, 0) is 10.5 Å². The van der Waals surface area contributed by atoms with Gasteiger partial charge in [0.25, 0.3) is 0 Å². The first-order valence-electron chi connectivity index (χ1n) is 6.95. The highest BCUT2D eigenvalue weighted by Gasteiger charge is 2.38. The molecule has 1 atom stereocenters. The summed E-state index contributed by atoms with van der Waals surface area (Å²) < 4.78 is 6.16. The van der Waals surface area contributed by atoms with E-state index in [0.717, 1.165) is 16.3 Å². The van der Waals surface area contributed by atoms with Gasteiger partial charge in [-0.25, -0.2) is 4.98 Å². The van der Waals surface area contributed by atoms with Crippen molar-refractivity contribution in [3.63, 3.8) is 0 Å². The van der Waals surface area contributed by atoms with Gasteiger partial charge in [0.05, 0.1) is 6.10 Å².